The Balaban J connectivity index is 2.18. The van der Waals surface area contributed by atoms with Crippen molar-refractivity contribution in [1.82, 2.24) is 4.90 Å². The highest BCUT2D eigenvalue weighted by Crippen LogP contribution is 2.23. The summed E-state index contributed by atoms with van der Waals surface area (Å²) in [6.45, 7) is 6.38. The summed E-state index contributed by atoms with van der Waals surface area (Å²) in [5.74, 6) is 0.921. The van der Waals surface area contributed by atoms with Crippen LogP contribution in [0, 0.1) is 0 Å². The van der Waals surface area contributed by atoms with E-state index in [1.54, 1.807) is 25.4 Å². The quantitative estimate of drug-likeness (QED) is 0.725. The molecule has 0 atom stereocenters. The first-order chi connectivity index (χ1) is 10.1. The van der Waals surface area contributed by atoms with E-state index in [1.165, 1.54) is 4.88 Å². The molecule has 1 heterocycles. The highest BCUT2D eigenvalue weighted by atomic mass is 32.1. The van der Waals surface area contributed by atoms with E-state index in [9.17, 15) is 4.79 Å². The average molecular weight is 303 g/mol. The van der Waals surface area contributed by atoms with Gasteiger partial charge in [0.15, 0.2) is 5.78 Å². The molecule has 0 radical (unpaired) electrons. The fraction of sp³-hybridized carbons (Fsp3) is 0.353. The number of nitrogens with zero attached hydrogens (tertiary/aromatic N) is 1. The maximum Gasteiger partial charge on any atom is 0.159 e. The zero-order valence-electron chi connectivity index (χ0n) is 12.8. The minimum atomic E-state index is 0.0835. The van der Waals surface area contributed by atoms with Crippen molar-refractivity contribution in [1.29, 1.82) is 0 Å². The summed E-state index contributed by atoms with van der Waals surface area (Å²) in [5.41, 5.74) is 1.79. The Hall–Kier alpha value is -1.65. The predicted molar refractivity (Wildman–Crippen MR) is 87.1 cm³/mol. The number of rotatable bonds is 7. The minimum absolute atomic E-state index is 0.0835. The monoisotopic (exact) mass is 303 g/mol. The lowest BCUT2D eigenvalue weighted by atomic mass is 10.1. The lowest BCUT2D eigenvalue weighted by Gasteiger charge is -2.21. The number of hydrogen-bond donors (Lipinski definition) is 0. The molecule has 0 aliphatic heterocycles. The number of hydrogen-bond acceptors (Lipinski definition) is 4. The summed E-state index contributed by atoms with van der Waals surface area (Å²) in [6, 6.07) is 9.87. The molecule has 0 N–H and O–H groups in total. The van der Waals surface area contributed by atoms with Crippen molar-refractivity contribution < 1.29 is 9.53 Å². The number of carbonyl (C=O) groups excluding carboxylic acids is 1. The first kappa shape index (κ1) is 15.7. The molecule has 0 amide bonds. The third-order valence-electron chi connectivity index (χ3n) is 3.49. The van der Waals surface area contributed by atoms with E-state index in [2.05, 4.69) is 29.3 Å². The van der Waals surface area contributed by atoms with Gasteiger partial charge in [0, 0.05) is 29.1 Å². The molecule has 1 aromatic heterocycles. The summed E-state index contributed by atoms with van der Waals surface area (Å²) in [7, 11) is 1.67. The van der Waals surface area contributed by atoms with Crippen LogP contribution in [0.5, 0.6) is 5.75 Å². The molecule has 0 spiro atoms. The van der Waals surface area contributed by atoms with Crippen LogP contribution in [0.2, 0.25) is 0 Å². The van der Waals surface area contributed by atoms with Crippen LogP contribution in [0.15, 0.2) is 35.7 Å². The van der Waals surface area contributed by atoms with Crippen LogP contribution in [0.25, 0.3) is 0 Å². The first-order valence-corrected chi connectivity index (χ1v) is 7.94. The zero-order chi connectivity index (χ0) is 15.2. The number of ketones is 1. The van der Waals surface area contributed by atoms with Crippen molar-refractivity contribution in [3.8, 4) is 5.75 Å². The second-order valence-electron chi connectivity index (χ2n) is 4.97. The number of methoxy groups -OCH3 is 1. The van der Waals surface area contributed by atoms with Gasteiger partial charge in [-0.1, -0.05) is 13.0 Å². The van der Waals surface area contributed by atoms with Crippen LogP contribution in [-0.4, -0.2) is 24.3 Å². The summed E-state index contributed by atoms with van der Waals surface area (Å²) in [6.07, 6.45) is 0. The topological polar surface area (TPSA) is 29.5 Å². The molecule has 0 saturated heterocycles. The SMILES string of the molecule is CCN(Cc1cccs1)Cc1cc(C(C)=O)ccc1OC. The smallest absolute Gasteiger partial charge is 0.159 e. The Kier molecular flexibility index (Phi) is 5.53. The van der Waals surface area contributed by atoms with Crippen molar-refractivity contribution in [2.45, 2.75) is 26.9 Å². The standard InChI is InChI=1S/C17H21NO2S/c1-4-18(12-16-6-5-9-21-16)11-15-10-14(13(2)19)7-8-17(15)20-3/h5-10H,4,11-12H2,1-3H3. The predicted octanol–water partition coefficient (Wildman–Crippen LogP) is 3.98. The highest BCUT2D eigenvalue weighted by Gasteiger charge is 2.12. The third-order valence-corrected chi connectivity index (χ3v) is 4.35. The van der Waals surface area contributed by atoms with E-state index in [-0.39, 0.29) is 5.78 Å². The van der Waals surface area contributed by atoms with Gasteiger partial charge < -0.3 is 4.74 Å². The second kappa shape index (κ2) is 7.38. The Morgan fingerprint density at radius 3 is 2.67 bits per heavy atom. The van der Waals surface area contributed by atoms with Gasteiger partial charge in [-0.25, -0.2) is 0 Å². The second-order valence-corrected chi connectivity index (χ2v) is 6.00. The molecule has 21 heavy (non-hydrogen) atoms. The zero-order valence-corrected chi connectivity index (χ0v) is 13.6. The summed E-state index contributed by atoms with van der Waals surface area (Å²) < 4.78 is 5.43. The van der Waals surface area contributed by atoms with Crippen molar-refractivity contribution in [3.05, 3.63) is 51.7 Å². The molecule has 0 fully saturated rings. The van der Waals surface area contributed by atoms with Crippen molar-refractivity contribution in [3.63, 3.8) is 0 Å². The summed E-state index contributed by atoms with van der Waals surface area (Å²) >= 11 is 1.77. The van der Waals surface area contributed by atoms with Crippen molar-refractivity contribution in [2.75, 3.05) is 13.7 Å². The van der Waals surface area contributed by atoms with E-state index >= 15 is 0 Å². The van der Waals surface area contributed by atoms with Crippen LogP contribution < -0.4 is 4.74 Å². The van der Waals surface area contributed by atoms with E-state index < -0.39 is 0 Å². The molecule has 0 aliphatic carbocycles. The molecule has 0 aliphatic rings. The third kappa shape index (κ3) is 4.16. The van der Waals surface area contributed by atoms with E-state index in [1.807, 2.05) is 18.2 Å². The molecule has 4 heteroatoms. The maximum absolute atomic E-state index is 11.6. The van der Waals surface area contributed by atoms with Crippen LogP contribution in [-0.2, 0) is 13.1 Å². The van der Waals surface area contributed by atoms with Crippen LogP contribution in [0.1, 0.15) is 34.6 Å². The maximum atomic E-state index is 11.6. The normalized spacial score (nSPS) is 10.9. The molecular formula is C17H21NO2S. The van der Waals surface area contributed by atoms with E-state index in [0.29, 0.717) is 0 Å². The van der Waals surface area contributed by atoms with Gasteiger partial charge in [0.2, 0.25) is 0 Å². The molecule has 0 unspecified atom stereocenters. The Bertz CT molecular complexity index is 593. The summed E-state index contributed by atoms with van der Waals surface area (Å²) in [5, 5.41) is 2.10. The number of Topliss-reactive ketones (excluding diaryl/α,β-unsaturated/α-hetero) is 1. The average Bonchev–Trinajstić information content (AvgIpc) is 2.99. The molecule has 2 rings (SSSR count). The van der Waals surface area contributed by atoms with Gasteiger partial charge in [-0.05, 0) is 43.1 Å². The summed E-state index contributed by atoms with van der Waals surface area (Å²) in [4.78, 5) is 15.2. The van der Waals surface area contributed by atoms with Crippen LogP contribution in [0.3, 0.4) is 0 Å². The van der Waals surface area contributed by atoms with Gasteiger partial charge in [0.25, 0.3) is 0 Å². The molecule has 1 aromatic carbocycles. The molecule has 3 nitrogen and oxygen atoms in total. The fourth-order valence-corrected chi connectivity index (χ4v) is 3.01. The van der Waals surface area contributed by atoms with Crippen LogP contribution in [0.4, 0.5) is 0 Å². The van der Waals surface area contributed by atoms with Crippen molar-refractivity contribution >= 4 is 17.1 Å². The number of benzene rings is 1. The molecular weight excluding hydrogens is 282 g/mol. The lowest BCUT2D eigenvalue weighted by Crippen LogP contribution is -2.22. The Morgan fingerprint density at radius 2 is 2.10 bits per heavy atom. The minimum Gasteiger partial charge on any atom is -0.496 e. The van der Waals surface area contributed by atoms with Gasteiger partial charge in [-0.3, -0.25) is 9.69 Å². The van der Waals surface area contributed by atoms with Crippen molar-refractivity contribution in [2.24, 2.45) is 0 Å². The van der Waals surface area contributed by atoms with E-state index in [0.717, 1.165) is 36.5 Å². The number of ether oxygens (including phenoxy) is 1. The van der Waals surface area contributed by atoms with Gasteiger partial charge in [0.05, 0.1) is 7.11 Å². The van der Waals surface area contributed by atoms with Gasteiger partial charge in [-0.15, -0.1) is 11.3 Å². The van der Waals surface area contributed by atoms with Gasteiger partial charge in [-0.2, -0.15) is 0 Å². The van der Waals surface area contributed by atoms with Gasteiger partial charge in [0.1, 0.15) is 5.75 Å². The highest BCUT2D eigenvalue weighted by molar-refractivity contribution is 7.09. The largest absolute Gasteiger partial charge is 0.496 e. The number of thiophene rings is 1. The molecule has 112 valence electrons. The molecule has 0 saturated carbocycles. The lowest BCUT2D eigenvalue weighted by molar-refractivity contribution is 0.101. The van der Waals surface area contributed by atoms with E-state index in [4.69, 9.17) is 4.74 Å². The fourth-order valence-electron chi connectivity index (χ4n) is 2.26. The Morgan fingerprint density at radius 1 is 1.29 bits per heavy atom. The molecule has 2 aromatic rings. The first-order valence-electron chi connectivity index (χ1n) is 7.06. The molecule has 0 bridgehead atoms. The number of carbonyl (C=O) groups is 1. The Labute approximate surface area is 130 Å². The van der Waals surface area contributed by atoms with Gasteiger partial charge >= 0.3 is 0 Å². The van der Waals surface area contributed by atoms with Crippen LogP contribution >= 0.6 is 11.3 Å².